The molecule has 0 aliphatic carbocycles. The van der Waals surface area contributed by atoms with Crippen molar-refractivity contribution < 1.29 is 14.0 Å². The van der Waals surface area contributed by atoms with Gasteiger partial charge in [0.25, 0.3) is 5.91 Å². The van der Waals surface area contributed by atoms with Crippen molar-refractivity contribution in [2.75, 3.05) is 31.7 Å². The van der Waals surface area contributed by atoms with E-state index in [-0.39, 0.29) is 11.8 Å². The van der Waals surface area contributed by atoms with Crippen LogP contribution in [0.25, 0.3) is 0 Å². The molecule has 0 saturated carbocycles. The summed E-state index contributed by atoms with van der Waals surface area (Å²) < 4.78 is 5.75. The summed E-state index contributed by atoms with van der Waals surface area (Å²) in [5.41, 5.74) is 1.14. The lowest BCUT2D eigenvalue weighted by Gasteiger charge is -2.07. The van der Waals surface area contributed by atoms with Gasteiger partial charge in [0, 0.05) is 30.5 Å². The molecule has 6 nitrogen and oxygen atoms in total. The van der Waals surface area contributed by atoms with Gasteiger partial charge in [-0.2, -0.15) is 11.8 Å². The number of carbonyl (C=O) groups excluding carboxylic acids is 2. The largest absolute Gasteiger partial charge is 0.464 e. The van der Waals surface area contributed by atoms with E-state index in [4.69, 9.17) is 4.42 Å². The van der Waals surface area contributed by atoms with Crippen molar-refractivity contribution in [3.05, 3.63) is 53.5 Å². The molecule has 140 valence electrons. The molecule has 0 atom stereocenters. The number of hydrogen-bond acceptors (Lipinski definition) is 5. The fraction of sp³-hybridized carbons (Fsp3) is 0.368. The highest BCUT2D eigenvalue weighted by Gasteiger charge is 2.07. The number of hydrogen-bond donors (Lipinski definition) is 2. The highest BCUT2D eigenvalue weighted by atomic mass is 32.2. The van der Waals surface area contributed by atoms with Crippen LogP contribution in [0.5, 0.6) is 0 Å². The SMILES string of the molecule is CC(=O)Nc1cccc(C(=O)NCCSCc2ccc(CN(C)C)o2)c1. The van der Waals surface area contributed by atoms with Crippen molar-refractivity contribution in [2.24, 2.45) is 0 Å². The minimum atomic E-state index is -0.161. The van der Waals surface area contributed by atoms with E-state index in [0.717, 1.165) is 29.6 Å². The second kappa shape index (κ2) is 10.0. The zero-order valence-electron chi connectivity index (χ0n) is 15.4. The maximum atomic E-state index is 12.2. The summed E-state index contributed by atoms with van der Waals surface area (Å²) in [6.45, 7) is 2.80. The smallest absolute Gasteiger partial charge is 0.251 e. The quantitative estimate of drug-likeness (QED) is 0.659. The van der Waals surface area contributed by atoms with Gasteiger partial charge in [0.2, 0.25) is 5.91 Å². The molecular weight excluding hydrogens is 350 g/mol. The highest BCUT2D eigenvalue weighted by molar-refractivity contribution is 7.98. The van der Waals surface area contributed by atoms with Crippen LogP contribution in [0, 0.1) is 0 Å². The lowest BCUT2D eigenvalue weighted by molar-refractivity contribution is -0.114. The Bertz CT molecular complexity index is 743. The van der Waals surface area contributed by atoms with Gasteiger partial charge in [-0.3, -0.25) is 9.59 Å². The molecule has 2 amide bonds. The van der Waals surface area contributed by atoms with Gasteiger partial charge < -0.3 is 20.0 Å². The van der Waals surface area contributed by atoms with E-state index in [2.05, 4.69) is 15.5 Å². The van der Waals surface area contributed by atoms with Gasteiger partial charge in [0.05, 0.1) is 12.3 Å². The van der Waals surface area contributed by atoms with Crippen LogP contribution in [0.2, 0.25) is 0 Å². The second-order valence-corrected chi connectivity index (χ2v) is 7.28. The number of nitrogens with one attached hydrogen (secondary N) is 2. The first kappa shape index (κ1) is 20.1. The predicted octanol–water partition coefficient (Wildman–Crippen LogP) is 2.96. The van der Waals surface area contributed by atoms with Crippen molar-refractivity contribution in [1.82, 2.24) is 10.2 Å². The molecule has 0 aliphatic heterocycles. The molecule has 0 spiro atoms. The molecule has 2 aromatic rings. The molecular formula is C19H25N3O3S. The van der Waals surface area contributed by atoms with Crippen LogP contribution < -0.4 is 10.6 Å². The van der Waals surface area contributed by atoms with Crippen LogP contribution >= 0.6 is 11.8 Å². The predicted molar refractivity (Wildman–Crippen MR) is 105 cm³/mol. The Balaban J connectivity index is 1.70. The zero-order valence-corrected chi connectivity index (χ0v) is 16.2. The summed E-state index contributed by atoms with van der Waals surface area (Å²) in [7, 11) is 4.01. The van der Waals surface area contributed by atoms with E-state index < -0.39 is 0 Å². The first-order valence-electron chi connectivity index (χ1n) is 8.40. The summed E-state index contributed by atoms with van der Waals surface area (Å²) >= 11 is 1.71. The van der Waals surface area contributed by atoms with Crippen molar-refractivity contribution in [3.8, 4) is 0 Å². The third kappa shape index (κ3) is 6.93. The Hall–Kier alpha value is -2.25. The monoisotopic (exact) mass is 375 g/mol. The van der Waals surface area contributed by atoms with Gasteiger partial charge in [-0.25, -0.2) is 0 Å². The van der Waals surface area contributed by atoms with Gasteiger partial charge >= 0.3 is 0 Å². The van der Waals surface area contributed by atoms with E-state index in [1.54, 1.807) is 36.0 Å². The van der Waals surface area contributed by atoms with Gasteiger partial charge in [0.1, 0.15) is 11.5 Å². The van der Waals surface area contributed by atoms with Gasteiger partial charge in [-0.15, -0.1) is 0 Å². The average Bonchev–Trinajstić information content (AvgIpc) is 3.00. The molecule has 1 heterocycles. The third-order valence-corrected chi connectivity index (χ3v) is 4.39. The van der Waals surface area contributed by atoms with Crippen molar-refractivity contribution in [2.45, 2.75) is 19.2 Å². The fourth-order valence-electron chi connectivity index (χ4n) is 2.35. The first-order chi connectivity index (χ1) is 12.4. The number of nitrogens with zero attached hydrogens (tertiary/aromatic N) is 1. The molecule has 0 bridgehead atoms. The molecule has 0 aliphatic rings. The molecule has 0 radical (unpaired) electrons. The summed E-state index contributed by atoms with van der Waals surface area (Å²) in [5.74, 6) is 3.16. The normalized spacial score (nSPS) is 10.8. The fourth-order valence-corrected chi connectivity index (χ4v) is 3.10. The highest BCUT2D eigenvalue weighted by Crippen LogP contribution is 2.16. The van der Waals surface area contributed by atoms with Gasteiger partial charge in [-0.1, -0.05) is 6.07 Å². The Morgan fingerprint density at radius 1 is 1.15 bits per heavy atom. The maximum absolute atomic E-state index is 12.2. The Morgan fingerprint density at radius 2 is 1.92 bits per heavy atom. The number of furan rings is 1. The lowest BCUT2D eigenvalue weighted by atomic mass is 10.2. The Labute approximate surface area is 158 Å². The summed E-state index contributed by atoms with van der Waals surface area (Å²) in [6, 6.07) is 10.9. The molecule has 0 fully saturated rings. The van der Waals surface area contributed by atoms with Crippen molar-refractivity contribution in [1.29, 1.82) is 0 Å². The number of benzene rings is 1. The van der Waals surface area contributed by atoms with Crippen LogP contribution in [0.3, 0.4) is 0 Å². The van der Waals surface area contributed by atoms with Crippen LogP contribution in [0.15, 0.2) is 40.8 Å². The number of carbonyl (C=O) groups is 2. The third-order valence-electron chi connectivity index (χ3n) is 3.41. The number of thioether (sulfide) groups is 1. The number of anilines is 1. The summed E-state index contributed by atoms with van der Waals surface area (Å²) in [5, 5.41) is 5.56. The van der Waals surface area contributed by atoms with Crippen LogP contribution in [0.4, 0.5) is 5.69 Å². The van der Waals surface area contributed by atoms with Gasteiger partial charge in [0.15, 0.2) is 0 Å². The van der Waals surface area contributed by atoms with Gasteiger partial charge in [-0.05, 0) is 44.4 Å². The molecule has 1 aromatic heterocycles. The molecule has 0 unspecified atom stereocenters. The first-order valence-corrected chi connectivity index (χ1v) is 9.55. The van der Waals surface area contributed by atoms with E-state index in [1.807, 2.05) is 26.2 Å². The molecule has 0 saturated heterocycles. The number of rotatable bonds is 9. The zero-order chi connectivity index (χ0) is 18.9. The maximum Gasteiger partial charge on any atom is 0.251 e. The standard InChI is InChI=1S/C19H25N3O3S/c1-14(23)21-16-6-4-5-15(11-16)19(24)20-9-10-26-13-18-8-7-17(25-18)12-22(2)3/h4-8,11H,9-10,12-13H2,1-3H3,(H,20,24)(H,21,23). The van der Waals surface area contributed by atoms with Crippen molar-refractivity contribution >= 4 is 29.3 Å². The van der Waals surface area contributed by atoms with E-state index in [0.29, 0.717) is 17.8 Å². The van der Waals surface area contributed by atoms with Crippen LogP contribution in [0.1, 0.15) is 28.8 Å². The average molecular weight is 375 g/mol. The van der Waals surface area contributed by atoms with Crippen molar-refractivity contribution in [3.63, 3.8) is 0 Å². The summed E-state index contributed by atoms with van der Waals surface area (Å²) in [4.78, 5) is 25.3. The number of amides is 2. The molecule has 2 rings (SSSR count). The topological polar surface area (TPSA) is 74.6 Å². The lowest BCUT2D eigenvalue weighted by Crippen LogP contribution is -2.25. The van der Waals surface area contributed by atoms with E-state index in [1.165, 1.54) is 6.92 Å². The minimum Gasteiger partial charge on any atom is -0.464 e. The summed E-state index contributed by atoms with van der Waals surface area (Å²) in [6.07, 6.45) is 0. The Morgan fingerprint density at radius 3 is 2.65 bits per heavy atom. The van der Waals surface area contributed by atoms with E-state index >= 15 is 0 Å². The second-order valence-electron chi connectivity index (χ2n) is 6.18. The molecule has 2 N–H and O–H groups in total. The van der Waals surface area contributed by atoms with E-state index in [9.17, 15) is 9.59 Å². The van der Waals surface area contributed by atoms with Crippen LogP contribution in [-0.2, 0) is 17.1 Å². The Kier molecular flexibility index (Phi) is 7.74. The molecule has 7 heteroatoms. The van der Waals surface area contributed by atoms with Crippen LogP contribution in [-0.4, -0.2) is 43.1 Å². The minimum absolute atomic E-state index is 0.149. The molecule has 1 aromatic carbocycles. The molecule has 26 heavy (non-hydrogen) atoms.